The first-order chi connectivity index (χ1) is 12.0. The van der Waals surface area contributed by atoms with Gasteiger partial charge in [-0.05, 0) is 25.0 Å². The van der Waals surface area contributed by atoms with Gasteiger partial charge in [-0.3, -0.25) is 10.1 Å². The van der Waals surface area contributed by atoms with Crippen molar-refractivity contribution in [2.75, 3.05) is 5.73 Å². The molecule has 0 radical (unpaired) electrons. The lowest BCUT2D eigenvalue weighted by Crippen LogP contribution is -2.12. The van der Waals surface area contributed by atoms with E-state index in [0.29, 0.717) is 17.8 Å². The first-order valence-corrected chi connectivity index (χ1v) is 8.56. The number of benzene rings is 1. The largest absolute Gasteiger partial charge is 0.384 e. The topological polar surface area (TPSA) is 109 Å². The van der Waals surface area contributed by atoms with Crippen molar-refractivity contribution in [2.45, 2.75) is 19.3 Å². The molecule has 0 spiro atoms. The zero-order chi connectivity index (χ0) is 17.7. The number of nitrogens with one attached hydrogen (secondary N) is 1. The molecule has 6 nitrogen and oxygen atoms in total. The monoisotopic (exact) mass is 350 g/mol. The molecule has 1 unspecified atom stereocenters. The average molecular weight is 350 g/mol. The Balaban J connectivity index is 1.95. The minimum Gasteiger partial charge on any atom is -0.384 e. The third kappa shape index (κ3) is 2.30. The molecular weight excluding hydrogens is 336 g/mol. The molecule has 2 heterocycles. The SMILES string of the molecule is Cc1ccc2c(c1)CC(c1ccc([N+](=O)[O-])s1)c1c-2[nH]c(N)c1C#N. The van der Waals surface area contributed by atoms with Gasteiger partial charge in [-0.2, -0.15) is 5.26 Å². The van der Waals surface area contributed by atoms with Crippen molar-refractivity contribution in [3.63, 3.8) is 0 Å². The molecule has 7 heteroatoms. The van der Waals surface area contributed by atoms with Crippen molar-refractivity contribution in [2.24, 2.45) is 0 Å². The number of aromatic nitrogens is 1. The Hall–Kier alpha value is -3.11. The fraction of sp³-hybridized carbons (Fsp3) is 0.167. The van der Waals surface area contributed by atoms with Gasteiger partial charge in [0.1, 0.15) is 11.9 Å². The fourth-order valence-electron chi connectivity index (χ4n) is 3.54. The molecule has 0 amide bonds. The van der Waals surface area contributed by atoms with Crippen molar-refractivity contribution in [1.82, 2.24) is 4.98 Å². The van der Waals surface area contributed by atoms with Gasteiger partial charge in [-0.15, -0.1) is 0 Å². The summed E-state index contributed by atoms with van der Waals surface area (Å²) in [5.41, 5.74) is 11.5. The summed E-state index contributed by atoms with van der Waals surface area (Å²) in [7, 11) is 0. The number of hydrogen-bond acceptors (Lipinski definition) is 5. The molecule has 4 rings (SSSR count). The highest BCUT2D eigenvalue weighted by molar-refractivity contribution is 7.15. The van der Waals surface area contributed by atoms with Crippen LogP contribution in [0.3, 0.4) is 0 Å². The van der Waals surface area contributed by atoms with Crippen LogP contribution in [0, 0.1) is 28.4 Å². The second kappa shape index (κ2) is 5.46. The molecule has 1 aromatic carbocycles. The van der Waals surface area contributed by atoms with Crippen LogP contribution in [0.1, 0.15) is 33.0 Å². The van der Waals surface area contributed by atoms with E-state index in [1.165, 1.54) is 6.07 Å². The predicted octanol–water partition coefficient (Wildman–Crippen LogP) is 4.10. The Bertz CT molecular complexity index is 1060. The zero-order valence-corrected chi connectivity index (χ0v) is 14.2. The minimum absolute atomic E-state index is 0.105. The third-order valence-electron chi connectivity index (χ3n) is 4.62. The molecule has 25 heavy (non-hydrogen) atoms. The summed E-state index contributed by atoms with van der Waals surface area (Å²) in [6.45, 7) is 2.03. The van der Waals surface area contributed by atoms with Crippen molar-refractivity contribution in [3.8, 4) is 17.3 Å². The Kier molecular flexibility index (Phi) is 3.37. The molecule has 3 aromatic rings. The van der Waals surface area contributed by atoms with Crippen LogP contribution in [0.4, 0.5) is 10.8 Å². The second-order valence-corrected chi connectivity index (χ2v) is 7.26. The van der Waals surface area contributed by atoms with E-state index in [9.17, 15) is 15.4 Å². The molecule has 1 aliphatic rings. The maximum Gasteiger partial charge on any atom is 0.324 e. The summed E-state index contributed by atoms with van der Waals surface area (Å²) in [5, 5.41) is 20.7. The van der Waals surface area contributed by atoms with Crippen LogP contribution in [0.5, 0.6) is 0 Å². The van der Waals surface area contributed by atoms with Gasteiger partial charge in [0.25, 0.3) is 0 Å². The molecule has 0 bridgehead atoms. The summed E-state index contributed by atoms with van der Waals surface area (Å²) in [5.74, 6) is 0.225. The maximum atomic E-state index is 11.1. The lowest BCUT2D eigenvalue weighted by atomic mass is 9.79. The fourth-order valence-corrected chi connectivity index (χ4v) is 4.48. The van der Waals surface area contributed by atoms with Crippen molar-refractivity contribution in [1.29, 1.82) is 5.26 Å². The number of aryl methyl sites for hydroxylation is 1. The smallest absolute Gasteiger partial charge is 0.324 e. The number of thiophene rings is 1. The van der Waals surface area contributed by atoms with Gasteiger partial charge in [0.2, 0.25) is 0 Å². The van der Waals surface area contributed by atoms with Crippen LogP contribution >= 0.6 is 11.3 Å². The van der Waals surface area contributed by atoms with Crippen LogP contribution in [-0.2, 0) is 6.42 Å². The molecule has 0 saturated carbocycles. The highest BCUT2D eigenvalue weighted by atomic mass is 32.1. The van der Waals surface area contributed by atoms with Crippen molar-refractivity contribution < 1.29 is 4.92 Å². The Labute approximate surface area is 147 Å². The van der Waals surface area contributed by atoms with Crippen LogP contribution in [0.15, 0.2) is 30.3 Å². The second-order valence-electron chi connectivity index (χ2n) is 6.16. The summed E-state index contributed by atoms with van der Waals surface area (Å²) >= 11 is 1.16. The number of fused-ring (bicyclic) bond motifs is 3. The number of nitro groups is 1. The van der Waals surface area contributed by atoms with E-state index in [4.69, 9.17) is 5.73 Å². The molecule has 2 aromatic heterocycles. The number of nitriles is 1. The Morgan fingerprint density at radius 3 is 2.88 bits per heavy atom. The Morgan fingerprint density at radius 1 is 1.40 bits per heavy atom. The van der Waals surface area contributed by atoms with Crippen LogP contribution in [0.2, 0.25) is 0 Å². The summed E-state index contributed by atoms with van der Waals surface area (Å²) in [4.78, 5) is 14.7. The molecule has 1 atom stereocenters. The van der Waals surface area contributed by atoms with Gasteiger partial charge in [-0.1, -0.05) is 35.1 Å². The number of hydrogen-bond donors (Lipinski definition) is 2. The average Bonchev–Trinajstić information content (AvgIpc) is 3.18. The maximum absolute atomic E-state index is 11.1. The van der Waals surface area contributed by atoms with Gasteiger partial charge in [0.05, 0.1) is 16.2 Å². The molecule has 1 aliphatic carbocycles. The molecular formula is C18H14N4O2S. The van der Waals surface area contributed by atoms with Gasteiger partial charge in [-0.25, -0.2) is 0 Å². The predicted molar refractivity (Wildman–Crippen MR) is 96.6 cm³/mol. The van der Waals surface area contributed by atoms with Crippen molar-refractivity contribution in [3.05, 3.63) is 67.6 Å². The molecule has 0 saturated heterocycles. The Morgan fingerprint density at radius 2 is 2.20 bits per heavy atom. The molecule has 0 aliphatic heterocycles. The van der Waals surface area contributed by atoms with Crippen LogP contribution < -0.4 is 5.73 Å². The number of H-pyrrole nitrogens is 1. The van der Waals surface area contributed by atoms with Crippen LogP contribution in [-0.4, -0.2) is 9.91 Å². The first-order valence-electron chi connectivity index (χ1n) is 7.75. The summed E-state index contributed by atoms with van der Waals surface area (Å²) in [6, 6.07) is 11.7. The summed E-state index contributed by atoms with van der Waals surface area (Å²) < 4.78 is 0. The normalized spacial score (nSPS) is 15.3. The highest BCUT2D eigenvalue weighted by Gasteiger charge is 2.33. The quantitative estimate of drug-likeness (QED) is 0.535. The number of nitrogens with two attached hydrogens (primary N) is 1. The van der Waals surface area contributed by atoms with E-state index in [2.05, 4.69) is 17.1 Å². The first kappa shape index (κ1) is 15.4. The van der Waals surface area contributed by atoms with Gasteiger partial charge in [0.15, 0.2) is 0 Å². The van der Waals surface area contributed by atoms with E-state index in [1.807, 2.05) is 19.1 Å². The number of rotatable bonds is 2. The lowest BCUT2D eigenvalue weighted by Gasteiger charge is -2.25. The standard InChI is InChI=1S/C18H14N4O2S/c1-9-2-3-11-10(6-9)7-12(14-4-5-15(25-14)22(23)24)16-13(8-19)18(20)21-17(11)16/h2-6,12,21H,7,20H2,1H3. The van der Waals surface area contributed by atoms with E-state index in [0.717, 1.165) is 44.2 Å². The number of aromatic amines is 1. The lowest BCUT2D eigenvalue weighted by molar-refractivity contribution is -0.380. The van der Waals surface area contributed by atoms with Crippen LogP contribution in [0.25, 0.3) is 11.3 Å². The molecule has 124 valence electrons. The molecule has 0 fully saturated rings. The van der Waals surface area contributed by atoms with E-state index in [1.54, 1.807) is 6.07 Å². The van der Waals surface area contributed by atoms with E-state index in [-0.39, 0.29) is 15.8 Å². The molecule has 3 N–H and O–H groups in total. The number of nitrogens with zero attached hydrogens (tertiary/aromatic N) is 2. The highest BCUT2D eigenvalue weighted by Crippen LogP contribution is 2.47. The van der Waals surface area contributed by atoms with Gasteiger partial charge >= 0.3 is 5.00 Å². The zero-order valence-electron chi connectivity index (χ0n) is 13.4. The van der Waals surface area contributed by atoms with E-state index < -0.39 is 0 Å². The third-order valence-corrected chi connectivity index (χ3v) is 5.77. The van der Waals surface area contributed by atoms with Gasteiger partial charge < -0.3 is 10.7 Å². The summed E-state index contributed by atoms with van der Waals surface area (Å²) in [6.07, 6.45) is 0.688. The number of nitrogen functional groups attached to an aromatic ring is 1. The number of anilines is 1. The van der Waals surface area contributed by atoms with Gasteiger partial charge in [0, 0.05) is 28.0 Å². The van der Waals surface area contributed by atoms with E-state index >= 15 is 0 Å². The minimum atomic E-state index is -0.382. The van der Waals surface area contributed by atoms with Crippen molar-refractivity contribution >= 4 is 22.2 Å².